The Labute approximate surface area is 150 Å². The molecule has 1 amide bonds. The van der Waals surface area contributed by atoms with E-state index in [9.17, 15) is 4.79 Å². The molecule has 2 aromatic rings. The van der Waals surface area contributed by atoms with Crippen molar-refractivity contribution in [2.45, 2.75) is 13.0 Å². The van der Waals surface area contributed by atoms with Gasteiger partial charge in [0.25, 0.3) is 5.91 Å². The number of amides is 1. The van der Waals surface area contributed by atoms with E-state index >= 15 is 0 Å². The van der Waals surface area contributed by atoms with Crippen molar-refractivity contribution in [3.05, 3.63) is 57.1 Å². The van der Waals surface area contributed by atoms with E-state index in [4.69, 9.17) is 32.7 Å². The first-order chi connectivity index (χ1) is 11.5. The van der Waals surface area contributed by atoms with E-state index in [-0.39, 0.29) is 5.91 Å². The molecule has 1 heterocycles. The van der Waals surface area contributed by atoms with Gasteiger partial charge in [0, 0.05) is 13.1 Å². The van der Waals surface area contributed by atoms with Crippen LogP contribution in [0.1, 0.15) is 21.5 Å². The number of hydrogen-bond donors (Lipinski definition) is 0. The van der Waals surface area contributed by atoms with E-state index in [2.05, 4.69) is 0 Å². The molecule has 126 valence electrons. The average Bonchev–Trinajstić information content (AvgIpc) is 2.59. The maximum absolute atomic E-state index is 12.8. The SMILES string of the molecule is COc1cc2c(cc1OC)CN(C(=O)c1c(Cl)cccc1Cl)CC2. The molecule has 0 spiro atoms. The minimum Gasteiger partial charge on any atom is -0.493 e. The molecule has 0 aliphatic carbocycles. The minimum absolute atomic E-state index is 0.161. The lowest BCUT2D eigenvalue weighted by atomic mass is 9.98. The summed E-state index contributed by atoms with van der Waals surface area (Å²) in [6, 6.07) is 8.96. The van der Waals surface area contributed by atoms with Crippen LogP contribution in [0.5, 0.6) is 11.5 Å². The highest BCUT2D eigenvalue weighted by molar-refractivity contribution is 6.39. The van der Waals surface area contributed by atoms with Gasteiger partial charge in [-0.05, 0) is 41.8 Å². The molecule has 0 saturated carbocycles. The highest BCUT2D eigenvalue weighted by Gasteiger charge is 2.26. The van der Waals surface area contributed by atoms with Crippen molar-refractivity contribution < 1.29 is 14.3 Å². The molecule has 0 fully saturated rings. The third-order valence-corrected chi connectivity index (χ3v) is 4.81. The Bertz CT molecular complexity index is 772. The highest BCUT2D eigenvalue weighted by Crippen LogP contribution is 2.34. The van der Waals surface area contributed by atoms with Crippen molar-refractivity contribution in [2.24, 2.45) is 0 Å². The van der Waals surface area contributed by atoms with Crippen LogP contribution in [0.2, 0.25) is 10.0 Å². The molecule has 0 saturated heterocycles. The van der Waals surface area contributed by atoms with Crippen LogP contribution < -0.4 is 9.47 Å². The monoisotopic (exact) mass is 365 g/mol. The lowest BCUT2D eigenvalue weighted by Gasteiger charge is -2.30. The van der Waals surface area contributed by atoms with Crippen molar-refractivity contribution in [3.8, 4) is 11.5 Å². The Kier molecular flexibility index (Phi) is 4.88. The molecule has 0 radical (unpaired) electrons. The van der Waals surface area contributed by atoms with Crippen LogP contribution in [0.15, 0.2) is 30.3 Å². The number of carbonyl (C=O) groups is 1. The molecule has 4 nitrogen and oxygen atoms in total. The summed E-state index contributed by atoms with van der Waals surface area (Å²) in [5.74, 6) is 1.19. The van der Waals surface area contributed by atoms with E-state index in [1.807, 2.05) is 12.1 Å². The predicted octanol–water partition coefficient (Wildman–Crippen LogP) is 4.21. The number of carbonyl (C=O) groups excluding carboxylic acids is 1. The number of fused-ring (bicyclic) bond motifs is 1. The molecule has 0 bridgehead atoms. The molecule has 2 aromatic carbocycles. The number of halogens is 2. The molecule has 1 aliphatic heterocycles. The summed E-state index contributed by atoms with van der Waals surface area (Å²) in [4.78, 5) is 14.6. The van der Waals surface area contributed by atoms with E-state index in [0.29, 0.717) is 40.2 Å². The number of rotatable bonds is 3. The molecule has 1 aliphatic rings. The van der Waals surface area contributed by atoms with Gasteiger partial charge < -0.3 is 14.4 Å². The second-order valence-electron chi connectivity index (χ2n) is 5.55. The Morgan fingerprint density at radius 2 is 1.62 bits per heavy atom. The first-order valence-electron chi connectivity index (χ1n) is 7.52. The zero-order chi connectivity index (χ0) is 17.3. The first kappa shape index (κ1) is 16.9. The van der Waals surface area contributed by atoms with Gasteiger partial charge in [-0.2, -0.15) is 0 Å². The van der Waals surface area contributed by atoms with Gasteiger partial charge in [0.1, 0.15) is 0 Å². The Balaban J connectivity index is 1.91. The fourth-order valence-electron chi connectivity index (χ4n) is 2.92. The maximum Gasteiger partial charge on any atom is 0.257 e. The molecule has 0 aromatic heterocycles. The van der Waals surface area contributed by atoms with Crippen LogP contribution in [-0.2, 0) is 13.0 Å². The smallest absolute Gasteiger partial charge is 0.257 e. The number of ether oxygens (including phenoxy) is 2. The summed E-state index contributed by atoms with van der Waals surface area (Å²) in [6.45, 7) is 1.08. The summed E-state index contributed by atoms with van der Waals surface area (Å²) in [5.41, 5.74) is 2.54. The molecule has 0 atom stereocenters. The summed E-state index contributed by atoms with van der Waals surface area (Å²) < 4.78 is 10.7. The number of methoxy groups -OCH3 is 2. The van der Waals surface area contributed by atoms with Gasteiger partial charge in [0.15, 0.2) is 11.5 Å². The van der Waals surface area contributed by atoms with Crippen LogP contribution in [0, 0.1) is 0 Å². The summed E-state index contributed by atoms with van der Waals surface area (Å²) >= 11 is 12.3. The van der Waals surface area contributed by atoms with Crippen molar-refractivity contribution in [2.75, 3.05) is 20.8 Å². The van der Waals surface area contributed by atoms with Crippen LogP contribution in [0.25, 0.3) is 0 Å². The Hall–Kier alpha value is -1.91. The second kappa shape index (κ2) is 6.91. The molecule has 0 N–H and O–H groups in total. The second-order valence-corrected chi connectivity index (χ2v) is 6.36. The number of nitrogens with zero attached hydrogens (tertiary/aromatic N) is 1. The zero-order valence-corrected chi connectivity index (χ0v) is 14.9. The van der Waals surface area contributed by atoms with Gasteiger partial charge in [0.05, 0.1) is 29.8 Å². The van der Waals surface area contributed by atoms with Crippen LogP contribution in [0.4, 0.5) is 0 Å². The van der Waals surface area contributed by atoms with Crippen molar-refractivity contribution >= 4 is 29.1 Å². The van der Waals surface area contributed by atoms with Crippen molar-refractivity contribution in [1.82, 2.24) is 4.90 Å². The molecule has 3 rings (SSSR count). The van der Waals surface area contributed by atoms with Crippen molar-refractivity contribution in [1.29, 1.82) is 0 Å². The van der Waals surface area contributed by atoms with Gasteiger partial charge in [-0.25, -0.2) is 0 Å². The van der Waals surface area contributed by atoms with E-state index in [1.165, 1.54) is 0 Å². The Morgan fingerprint density at radius 3 is 2.21 bits per heavy atom. The Morgan fingerprint density at radius 1 is 1.04 bits per heavy atom. The molecular weight excluding hydrogens is 349 g/mol. The summed E-state index contributed by atoms with van der Waals surface area (Å²) in [7, 11) is 3.21. The van der Waals surface area contributed by atoms with Crippen molar-refractivity contribution in [3.63, 3.8) is 0 Å². The first-order valence-corrected chi connectivity index (χ1v) is 8.27. The van der Waals surface area contributed by atoms with Gasteiger partial charge in [-0.15, -0.1) is 0 Å². The van der Waals surface area contributed by atoms with E-state index in [1.54, 1.807) is 37.3 Å². The third-order valence-electron chi connectivity index (χ3n) is 4.18. The standard InChI is InChI=1S/C18H17Cl2NO3/c1-23-15-8-11-6-7-21(10-12(11)9-16(15)24-2)18(22)17-13(19)4-3-5-14(17)20/h3-5,8-9H,6-7,10H2,1-2H3. The lowest BCUT2D eigenvalue weighted by Crippen LogP contribution is -2.36. The molecule has 24 heavy (non-hydrogen) atoms. The molecule has 0 unspecified atom stereocenters. The summed E-state index contributed by atoms with van der Waals surface area (Å²) in [6.07, 6.45) is 0.740. The van der Waals surface area contributed by atoms with Crippen LogP contribution in [0.3, 0.4) is 0 Å². The maximum atomic E-state index is 12.8. The quantitative estimate of drug-likeness (QED) is 0.817. The topological polar surface area (TPSA) is 38.8 Å². The summed E-state index contributed by atoms with van der Waals surface area (Å²) in [5, 5.41) is 0.733. The van der Waals surface area contributed by atoms with Gasteiger partial charge in [-0.3, -0.25) is 4.79 Å². The fourth-order valence-corrected chi connectivity index (χ4v) is 3.48. The van der Waals surface area contributed by atoms with Crippen LogP contribution >= 0.6 is 23.2 Å². The van der Waals surface area contributed by atoms with Crippen LogP contribution in [-0.4, -0.2) is 31.6 Å². The average molecular weight is 366 g/mol. The third kappa shape index (κ3) is 3.04. The van der Waals surface area contributed by atoms with Gasteiger partial charge in [0.2, 0.25) is 0 Å². The molecular formula is C18H17Cl2NO3. The largest absolute Gasteiger partial charge is 0.493 e. The lowest BCUT2D eigenvalue weighted by molar-refractivity contribution is 0.0735. The highest BCUT2D eigenvalue weighted by atomic mass is 35.5. The normalized spacial score (nSPS) is 13.4. The van der Waals surface area contributed by atoms with E-state index in [0.717, 1.165) is 17.5 Å². The van der Waals surface area contributed by atoms with Gasteiger partial charge in [-0.1, -0.05) is 29.3 Å². The number of hydrogen-bond acceptors (Lipinski definition) is 3. The number of benzene rings is 2. The fraction of sp³-hybridized carbons (Fsp3) is 0.278. The molecule has 6 heteroatoms. The minimum atomic E-state index is -0.161. The van der Waals surface area contributed by atoms with Gasteiger partial charge >= 0.3 is 0 Å². The predicted molar refractivity (Wildman–Crippen MR) is 94.5 cm³/mol. The zero-order valence-electron chi connectivity index (χ0n) is 13.4. The van der Waals surface area contributed by atoms with E-state index < -0.39 is 0 Å².